The van der Waals surface area contributed by atoms with Crippen LogP contribution in [0.25, 0.3) is 16.8 Å². The molecule has 0 aliphatic heterocycles. The molecule has 5 rings (SSSR count). The molecule has 3 amide bonds. The van der Waals surface area contributed by atoms with Gasteiger partial charge in [0.15, 0.2) is 11.5 Å². The predicted octanol–water partition coefficient (Wildman–Crippen LogP) is 7.39. The molecular formula is C38H35N3O6S. The summed E-state index contributed by atoms with van der Waals surface area (Å²) < 4.78 is 16.4. The van der Waals surface area contributed by atoms with Crippen LogP contribution in [-0.2, 0) is 9.59 Å². The lowest BCUT2D eigenvalue weighted by atomic mass is 10.1. The molecular weight excluding hydrogens is 627 g/mol. The summed E-state index contributed by atoms with van der Waals surface area (Å²) in [6.45, 7) is 1.83. The predicted molar refractivity (Wildman–Crippen MR) is 191 cm³/mol. The number of amides is 3. The van der Waals surface area contributed by atoms with Crippen LogP contribution >= 0.6 is 11.8 Å². The van der Waals surface area contributed by atoms with Crippen LogP contribution in [-0.4, -0.2) is 44.3 Å². The lowest BCUT2D eigenvalue weighted by molar-refractivity contribution is -0.115. The molecule has 0 saturated carbocycles. The lowest BCUT2D eigenvalue weighted by Gasteiger charge is -2.15. The number of benzene rings is 5. The van der Waals surface area contributed by atoms with Gasteiger partial charge in [0.1, 0.15) is 5.70 Å². The van der Waals surface area contributed by atoms with E-state index >= 15 is 0 Å². The molecule has 0 aromatic heterocycles. The Morgan fingerprint density at radius 3 is 2.10 bits per heavy atom. The Bertz CT molecular complexity index is 1950. The second-order valence-corrected chi connectivity index (χ2v) is 12.0. The van der Waals surface area contributed by atoms with Crippen molar-refractivity contribution >= 4 is 57.7 Å². The number of hydrogen-bond acceptors (Lipinski definition) is 7. The first-order valence-corrected chi connectivity index (χ1v) is 15.9. The van der Waals surface area contributed by atoms with Crippen LogP contribution in [0.2, 0.25) is 0 Å². The third-order valence-electron chi connectivity index (χ3n) is 7.35. The van der Waals surface area contributed by atoms with E-state index in [9.17, 15) is 14.4 Å². The number of carbonyl (C=O) groups is 3. The second-order valence-electron chi connectivity index (χ2n) is 10.6. The van der Waals surface area contributed by atoms with Gasteiger partial charge in [0.25, 0.3) is 11.8 Å². The molecule has 48 heavy (non-hydrogen) atoms. The van der Waals surface area contributed by atoms with E-state index in [1.54, 1.807) is 60.7 Å². The normalized spacial score (nSPS) is 11.7. The first-order valence-electron chi connectivity index (χ1n) is 15.0. The van der Waals surface area contributed by atoms with Crippen molar-refractivity contribution in [3.8, 4) is 17.2 Å². The summed E-state index contributed by atoms with van der Waals surface area (Å²) in [7, 11) is 4.49. The van der Waals surface area contributed by atoms with Crippen molar-refractivity contribution in [2.24, 2.45) is 0 Å². The Balaban J connectivity index is 1.36. The summed E-state index contributed by atoms with van der Waals surface area (Å²) in [6.07, 6.45) is 1.53. The Kier molecular flexibility index (Phi) is 11.0. The highest BCUT2D eigenvalue weighted by Gasteiger charge is 2.19. The minimum atomic E-state index is -0.558. The highest BCUT2D eigenvalue weighted by atomic mass is 32.2. The standard InChI is InChI=1S/C38H35N3O6S/c1-24(36(42)40-31-19-10-15-26-12-8-9-18-30(26)31)48-29-17-11-16-28(23-29)39-38(44)32(41-37(43)27-13-6-5-7-14-27)20-25-21-33(45-2)35(47-4)34(22-25)46-3/h5-24H,1-4H3,(H,39,44)(H,40,42)(H,41,43)/b32-20+. The van der Waals surface area contributed by atoms with E-state index < -0.39 is 17.1 Å². The molecule has 3 N–H and O–H groups in total. The summed E-state index contributed by atoms with van der Waals surface area (Å²) in [4.78, 5) is 40.8. The highest BCUT2D eigenvalue weighted by Crippen LogP contribution is 2.39. The average molecular weight is 662 g/mol. The van der Waals surface area contributed by atoms with Gasteiger partial charge in [-0.3, -0.25) is 14.4 Å². The fourth-order valence-electron chi connectivity index (χ4n) is 4.97. The van der Waals surface area contributed by atoms with E-state index in [1.165, 1.54) is 39.2 Å². The average Bonchev–Trinajstić information content (AvgIpc) is 3.11. The Morgan fingerprint density at radius 2 is 1.40 bits per heavy atom. The van der Waals surface area contributed by atoms with E-state index in [0.717, 1.165) is 21.4 Å². The van der Waals surface area contributed by atoms with Gasteiger partial charge in [-0.1, -0.05) is 60.7 Å². The zero-order valence-electron chi connectivity index (χ0n) is 26.9. The van der Waals surface area contributed by atoms with Crippen molar-refractivity contribution in [2.75, 3.05) is 32.0 Å². The van der Waals surface area contributed by atoms with Gasteiger partial charge in [0.2, 0.25) is 11.7 Å². The van der Waals surface area contributed by atoms with Gasteiger partial charge < -0.3 is 30.2 Å². The summed E-state index contributed by atoms with van der Waals surface area (Å²) in [5, 5.41) is 10.2. The topological polar surface area (TPSA) is 115 Å². The van der Waals surface area contributed by atoms with Gasteiger partial charge in [-0.15, -0.1) is 11.8 Å². The van der Waals surface area contributed by atoms with Gasteiger partial charge in [0, 0.05) is 27.2 Å². The quantitative estimate of drug-likeness (QED) is 0.0943. The first kappa shape index (κ1) is 33.6. The number of carbonyl (C=O) groups excluding carboxylic acids is 3. The third kappa shape index (κ3) is 8.15. The monoisotopic (exact) mass is 661 g/mol. The minimum absolute atomic E-state index is 0.0148. The van der Waals surface area contributed by atoms with Gasteiger partial charge in [-0.25, -0.2) is 0 Å². The molecule has 1 unspecified atom stereocenters. The van der Waals surface area contributed by atoms with Gasteiger partial charge in [-0.05, 0) is 72.5 Å². The molecule has 0 bridgehead atoms. The van der Waals surface area contributed by atoms with Crippen LogP contribution in [0.1, 0.15) is 22.8 Å². The molecule has 0 fully saturated rings. The molecule has 10 heteroatoms. The highest BCUT2D eigenvalue weighted by molar-refractivity contribution is 8.00. The van der Waals surface area contributed by atoms with Crippen LogP contribution in [0.5, 0.6) is 17.2 Å². The van der Waals surface area contributed by atoms with Crippen LogP contribution in [0.4, 0.5) is 11.4 Å². The van der Waals surface area contributed by atoms with Crippen molar-refractivity contribution in [3.63, 3.8) is 0 Å². The summed E-state index contributed by atoms with van der Waals surface area (Å²) in [6, 6.07) is 32.8. The number of ether oxygens (including phenoxy) is 3. The van der Waals surface area contributed by atoms with Crippen molar-refractivity contribution in [1.82, 2.24) is 5.32 Å². The Morgan fingerprint density at radius 1 is 0.729 bits per heavy atom. The SMILES string of the molecule is COc1cc(/C=C(/NC(=O)c2ccccc2)C(=O)Nc2cccc(SC(C)C(=O)Nc3cccc4ccccc34)c2)cc(OC)c1OC. The Labute approximate surface area is 283 Å². The number of hydrogen-bond donors (Lipinski definition) is 3. The number of anilines is 2. The maximum absolute atomic E-state index is 13.7. The largest absolute Gasteiger partial charge is 0.493 e. The van der Waals surface area contributed by atoms with Crippen molar-refractivity contribution < 1.29 is 28.6 Å². The molecule has 5 aromatic rings. The van der Waals surface area contributed by atoms with E-state index in [0.29, 0.717) is 34.1 Å². The molecule has 0 heterocycles. The van der Waals surface area contributed by atoms with Crippen molar-refractivity contribution in [1.29, 1.82) is 0 Å². The number of thioether (sulfide) groups is 1. The zero-order chi connectivity index (χ0) is 34.0. The summed E-state index contributed by atoms with van der Waals surface area (Å²) >= 11 is 1.36. The molecule has 244 valence electrons. The van der Waals surface area contributed by atoms with E-state index in [1.807, 2.05) is 55.5 Å². The number of rotatable bonds is 12. The molecule has 0 saturated heterocycles. The first-order chi connectivity index (χ1) is 23.3. The lowest BCUT2D eigenvalue weighted by Crippen LogP contribution is -2.30. The third-order valence-corrected chi connectivity index (χ3v) is 8.44. The minimum Gasteiger partial charge on any atom is -0.493 e. The molecule has 1 atom stereocenters. The van der Waals surface area contributed by atoms with E-state index in [2.05, 4.69) is 16.0 Å². The fourth-order valence-corrected chi connectivity index (χ4v) is 5.89. The molecule has 0 radical (unpaired) electrons. The number of methoxy groups -OCH3 is 3. The van der Waals surface area contributed by atoms with Crippen molar-refractivity contribution in [2.45, 2.75) is 17.1 Å². The molecule has 0 aliphatic rings. The smallest absolute Gasteiger partial charge is 0.272 e. The van der Waals surface area contributed by atoms with Crippen LogP contribution in [0, 0.1) is 0 Å². The Hall–Kier alpha value is -5.74. The second kappa shape index (κ2) is 15.7. The fraction of sp³-hybridized carbons (Fsp3) is 0.132. The number of fused-ring (bicyclic) bond motifs is 1. The maximum atomic E-state index is 13.7. The van der Waals surface area contributed by atoms with Crippen LogP contribution in [0.15, 0.2) is 120 Å². The maximum Gasteiger partial charge on any atom is 0.272 e. The van der Waals surface area contributed by atoms with E-state index in [4.69, 9.17) is 14.2 Å². The van der Waals surface area contributed by atoms with Gasteiger partial charge in [0.05, 0.1) is 26.6 Å². The molecule has 5 aromatic carbocycles. The van der Waals surface area contributed by atoms with E-state index in [-0.39, 0.29) is 11.6 Å². The van der Waals surface area contributed by atoms with Gasteiger partial charge >= 0.3 is 0 Å². The van der Waals surface area contributed by atoms with Crippen molar-refractivity contribution in [3.05, 3.63) is 126 Å². The van der Waals surface area contributed by atoms with Crippen LogP contribution < -0.4 is 30.2 Å². The molecule has 9 nitrogen and oxygen atoms in total. The summed E-state index contributed by atoms with van der Waals surface area (Å²) in [5.41, 5.74) is 2.12. The van der Waals surface area contributed by atoms with Gasteiger partial charge in [-0.2, -0.15) is 0 Å². The number of nitrogens with one attached hydrogen (secondary N) is 3. The molecule has 0 spiro atoms. The zero-order valence-corrected chi connectivity index (χ0v) is 27.7. The van der Waals surface area contributed by atoms with Crippen LogP contribution in [0.3, 0.4) is 0 Å². The summed E-state index contributed by atoms with van der Waals surface area (Å²) in [5.74, 6) is 0.00802. The molecule has 0 aliphatic carbocycles.